The highest BCUT2D eigenvalue weighted by Crippen LogP contribution is 2.23. The first-order valence-electron chi connectivity index (χ1n) is 10.0. The second-order valence-corrected chi connectivity index (χ2v) is 8.33. The second kappa shape index (κ2) is 10.3. The molecule has 0 radical (unpaired) electrons. The smallest absolute Gasteiger partial charge is 0.251 e. The van der Waals surface area contributed by atoms with Crippen LogP contribution in [0.4, 0.5) is 0 Å². The molecule has 3 atom stereocenters. The van der Waals surface area contributed by atoms with Crippen LogP contribution in [0.2, 0.25) is 0 Å². The number of nitrogens with two attached hydrogens (primary N) is 1. The van der Waals surface area contributed by atoms with E-state index < -0.39 is 29.4 Å². The molecule has 1 aromatic carbocycles. The van der Waals surface area contributed by atoms with Gasteiger partial charge in [0, 0.05) is 13.6 Å². The molecule has 4 N–H and O–H groups in total. The number of hydrogen-bond donors (Lipinski definition) is 3. The largest absolute Gasteiger partial charge is 0.374 e. The first kappa shape index (κ1) is 24.9. The average Bonchev–Trinajstić information content (AvgIpc) is 3.00. The minimum atomic E-state index is -1.14. The van der Waals surface area contributed by atoms with Crippen LogP contribution in [0.15, 0.2) is 35.4 Å². The van der Waals surface area contributed by atoms with E-state index in [1.54, 1.807) is 20.9 Å². The topological polar surface area (TPSA) is 126 Å². The van der Waals surface area contributed by atoms with Crippen LogP contribution in [0.3, 0.4) is 0 Å². The van der Waals surface area contributed by atoms with Crippen molar-refractivity contribution in [2.24, 2.45) is 16.8 Å². The molecular formula is C21H30ClN5O4. The highest BCUT2D eigenvalue weighted by molar-refractivity contribution is 6.10. The molecule has 170 valence electrons. The molecule has 3 rings (SSSR count). The van der Waals surface area contributed by atoms with Crippen molar-refractivity contribution in [2.45, 2.75) is 44.5 Å². The molecule has 0 aliphatic carbocycles. The Morgan fingerprint density at radius 3 is 2.68 bits per heavy atom. The van der Waals surface area contributed by atoms with E-state index in [9.17, 15) is 14.4 Å². The van der Waals surface area contributed by atoms with Crippen LogP contribution in [0.25, 0.3) is 0 Å². The molecule has 0 bridgehead atoms. The van der Waals surface area contributed by atoms with Crippen molar-refractivity contribution < 1.29 is 19.1 Å². The Kier molecular flexibility index (Phi) is 8.30. The van der Waals surface area contributed by atoms with E-state index in [0.29, 0.717) is 19.6 Å². The van der Waals surface area contributed by atoms with Gasteiger partial charge in [0.15, 0.2) is 5.78 Å². The van der Waals surface area contributed by atoms with Crippen LogP contribution in [-0.2, 0) is 25.7 Å². The predicted molar refractivity (Wildman–Crippen MR) is 119 cm³/mol. The number of piperidine rings is 1. The van der Waals surface area contributed by atoms with Crippen LogP contribution in [0.1, 0.15) is 25.8 Å². The fraction of sp³-hybridized carbons (Fsp3) is 0.524. The van der Waals surface area contributed by atoms with Crippen molar-refractivity contribution >= 4 is 35.7 Å². The molecule has 2 aliphatic heterocycles. The minimum Gasteiger partial charge on any atom is -0.374 e. The summed E-state index contributed by atoms with van der Waals surface area (Å²) in [6, 6.07) is 8.09. The molecule has 2 amide bonds. The Morgan fingerprint density at radius 2 is 2.03 bits per heavy atom. The number of carbonyl (C=O) groups is 3. The zero-order chi connectivity index (χ0) is 21.9. The Morgan fingerprint density at radius 1 is 1.35 bits per heavy atom. The van der Waals surface area contributed by atoms with Gasteiger partial charge in [0.2, 0.25) is 5.91 Å². The summed E-state index contributed by atoms with van der Waals surface area (Å²) >= 11 is 0. The van der Waals surface area contributed by atoms with Crippen LogP contribution < -0.4 is 16.4 Å². The Balaban J connectivity index is 0.00000341. The summed E-state index contributed by atoms with van der Waals surface area (Å²) in [6.07, 6.45) is 0.303. The maximum Gasteiger partial charge on any atom is 0.251 e. The molecule has 1 fully saturated rings. The van der Waals surface area contributed by atoms with Crippen molar-refractivity contribution in [3.63, 3.8) is 0 Å². The molecule has 0 aromatic heterocycles. The highest BCUT2D eigenvalue weighted by atomic mass is 35.5. The van der Waals surface area contributed by atoms with Gasteiger partial charge in [-0.1, -0.05) is 30.3 Å². The van der Waals surface area contributed by atoms with E-state index in [2.05, 4.69) is 15.7 Å². The molecule has 1 aromatic rings. The van der Waals surface area contributed by atoms with Gasteiger partial charge in [0.05, 0.1) is 36.4 Å². The predicted octanol–water partition coefficient (Wildman–Crippen LogP) is 0.222. The normalized spacial score (nSPS) is 21.6. The third-order valence-electron chi connectivity index (χ3n) is 5.27. The highest BCUT2D eigenvalue weighted by Gasteiger charge is 2.42. The Bertz CT molecular complexity index is 840. The van der Waals surface area contributed by atoms with Gasteiger partial charge in [-0.15, -0.1) is 12.4 Å². The number of benzene rings is 1. The van der Waals surface area contributed by atoms with Gasteiger partial charge in [0.1, 0.15) is 6.04 Å². The summed E-state index contributed by atoms with van der Waals surface area (Å²) in [6.45, 7) is 3.82. The number of ketones is 1. The van der Waals surface area contributed by atoms with Gasteiger partial charge in [-0.25, -0.2) is 5.01 Å². The van der Waals surface area contributed by atoms with Gasteiger partial charge in [-0.2, -0.15) is 5.10 Å². The molecule has 31 heavy (non-hydrogen) atoms. The number of amides is 2. The molecule has 9 nitrogen and oxygen atoms in total. The maximum absolute atomic E-state index is 13.2. The molecule has 2 heterocycles. The third-order valence-corrected chi connectivity index (χ3v) is 5.27. The zero-order valence-corrected chi connectivity index (χ0v) is 18.8. The maximum atomic E-state index is 13.2. The van der Waals surface area contributed by atoms with Crippen LogP contribution >= 0.6 is 12.4 Å². The quantitative estimate of drug-likeness (QED) is 0.519. The van der Waals surface area contributed by atoms with Gasteiger partial charge in [0.25, 0.3) is 5.91 Å². The first-order chi connectivity index (χ1) is 14.2. The van der Waals surface area contributed by atoms with E-state index in [0.717, 1.165) is 11.3 Å². The van der Waals surface area contributed by atoms with E-state index >= 15 is 0 Å². The lowest BCUT2D eigenvalue weighted by Crippen LogP contribution is -2.60. The number of carbonyl (C=O) groups excluding carboxylic acids is 3. The SMILES string of the molecule is CN1N=C2CNC(C(=O)[C@@H](COCc3ccccc3)NC(=O)C(C)(C)N)CC2C1=O.Cl. The molecule has 10 heteroatoms. The number of ether oxygens (including phenoxy) is 1. The van der Waals surface area contributed by atoms with E-state index in [1.807, 2.05) is 30.3 Å². The van der Waals surface area contributed by atoms with Gasteiger partial charge in [-0.05, 0) is 25.8 Å². The second-order valence-electron chi connectivity index (χ2n) is 8.33. The van der Waals surface area contributed by atoms with E-state index in [1.165, 1.54) is 5.01 Å². The Hall–Kier alpha value is -2.33. The van der Waals surface area contributed by atoms with Crippen molar-refractivity contribution in [2.75, 3.05) is 20.2 Å². The third kappa shape index (κ3) is 6.10. The summed E-state index contributed by atoms with van der Waals surface area (Å²) < 4.78 is 5.73. The number of Topliss-reactive ketones (excluding diaryl/α,β-unsaturated/α-hetero) is 1. The van der Waals surface area contributed by atoms with E-state index in [4.69, 9.17) is 10.5 Å². The lowest BCUT2D eigenvalue weighted by molar-refractivity contribution is -0.134. The van der Waals surface area contributed by atoms with Gasteiger partial charge < -0.3 is 21.1 Å². The summed E-state index contributed by atoms with van der Waals surface area (Å²) in [7, 11) is 1.61. The van der Waals surface area contributed by atoms with Crippen molar-refractivity contribution in [3.8, 4) is 0 Å². The number of nitrogens with one attached hydrogen (secondary N) is 2. The lowest BCUT2D eigenvalue weighted by Gasteiger charge is -2.30. The molecule has 1 saturated heterocycles. The molecule has 0 saturated carbocycles. The fourth-order valence-corrected chi connectivity index (χ4v) is 3.49. The number of hydrazone groups is 1. The minimum absolute atomic E-state index is 0. The molecule has 2 aliphatic rings. The van der Waals surface area contributed by atoms with Crippen molar-refractivity contribution in [1.82, 2.24) is 15.6 Å². The fourth-order valence-electron chi connectivity index (χ4n) is 3.49. The number of hydrogen-bond acceptors (Lipinski definition) is 7. The number of fused-ring (bicyclic) bond motifs is 1. The van der Waals surface area contributed by atoms with Crippen molar-refractivity contribution in [1.29, 1.82) is 0 Å². The zero-order valence-electron chi connectivity index (χ0n) is 18.0. The van der Waals surface area contributed by atoms with E-state index in [-0.39, 0.29) is 30.7 Å². The lowest BCUT2D eigenvalue weighted by atomic mass is 9.87. The summed E-state index contributed by atoms with van der Waals surface area (Å²) in [5.41, 5.74) is 6.44. The standard InChI is InChI=1S/C21H29N5O4.ClH/c1-21(2,22)20(29)24-17(12-30-11-13-7-5-4-6-8-13)18(27)15-9-14-16(10-23-15)25-26(3)19(14)28;/h4-8,14-15,17,23H,9-12,22H2,1-3H3,(H,24,29);1H/t14?,15?,17-;/m1./s1. The first-order valence-corrected chi connectivity index (χ1v) is 10.0. The van der Waals surface area contributed by atoms with Gasteiger partial charge in [-0.3, -0.25) is 14.4 Å². The van der Waals surface area contributed by atoms with Crippen LogP contribution in [-0.4, -0.2) is 66.1 Å². The van der Waals surface area contributed by atoms with Crippen molar-refractivity contribution in [3.05, 3.63) is 35.9 Å². The van der Waals surface area contributed by atoms with Gasteiger partial charge >= 0.3 is 0 Å². The average molecular weight is 452 g/mol. The molecule has 2 unspecified atom stereocenters. The number of halogens is 1. The number of rotatable bonds is 8. The van der Waals surface area contributed by atoms with Crippen LogP contribution in [0, 0.1) is 5.92 Å². The summed E-state index contributed by atoms with van der Waals surface area (Å²) in [4.78, 5) is 37.9. The molecule has 0 spiro atoms. The Labute approximate surface area is 188 Å². The van der Waals surface area contributed by atoms with Crippen LogP contribution in [0.5, 0.6) is 0 Å². The molecular weight excluding hydrogens is 422 g/mol. The monoisotopic (exact) mass is 451 g/mol. The summed E-state index contributed by atoms with van der Waals surface area (Å²) in [5.74, 6) is -1.20. The number of nitrogens with zero attached hydrogens (tertiary/aromatic N) is 2. The summed E-state index contributed by atoms with van der Waals surface area (Å²) in [5, 5.41) is 11.4.